The van der Waals surface area contributed by atoms with Gasteiger partial charge in [0.05, 0.1) is 24.3 Å². The molecule has 0 aromatic heterocycles. The van der Waals surface area contributed by atoms with Crippen LogP contribution in [0.5, 0.6) is 0 Å². The summed E-state index contributed by atoms with van der Waals surface area (Å²) < 4.78 is 23.1. The first-order valence-corrected chi connectivity index (χ1v) is 16.4. The van der Waals surface area contributed by atoms with Gasteiger partial charge in [0.15, 0.2) is 0 Å². The molecule has 0 spiro atoms. The van der Waals surface area contributed by atoms with E-state index >= 15 is 0 Å². The van der Waals surface area contributed by atoms with Crippen LogP contribution in [-0.2, 0) is 18.7 Å². The Morgan fingerprint density at radius 2 is 0.972 bits per heavy atom. The van der Waals surface area contributed by atoms with Gasteiger partial charge in [-0.15, -0.1) is 0 Å². The number of hydrogen-bond donors (Lipinski definition) is 2. The molecule has 196 valence electrons. The molecular formula is C24H40Li2O8P2. The van der Waals surface area contributed by atoms with E-state index in [0.717, 1.165) is 51.4 Å². The van der Waals surface area contributed by atoms with Crippen LogP contribution >= 0.6 is 14.7 Å². The van der Waals surface area contributed by atoms with Crippen molar-refractivity contribution in [3.05, 3.63) is 23.3 Å². The summed E-state index contributed by atoms with van der Waals surface area (Å²) in [4.78, 5) is 40.9. The number of carbonyl (C=O) groups is 2. The summed E-state index contributed by atoms with van der Waals surface area (Å²) in [7, 11) is -6.68. The fourth-order valence-corrected chi connectivity index (χ4v) is 6.28. The Hall–Kier alpha value is -0.00519. The normalized spacial score (nSPS) is 20.9. The van der Waals surface area contributed by atoms with E-state index in [-0.39, 0.29) is 85.4 Å². The molecule has 2 fully saturated rings. The molecule has 0 bridgehead atoms. The van der Waals surface area contributed by atoms with E-state index in [1.807, 2.05) is 0 Å². The number of allylic oxidation sites excluding steroid dienone is 2. The molecule has 0 saturated heterocycles. The topological polar surface area (TPSA) is 155 Å². The molecule has 2 N–H and O–H groups in total. The summed E-state index contributed by atoms with van der Waals surface area (Å²) in [6, 6.07) is 0. The van der Waals surface area contributed by atoms with Gasteiger partial charge in [0.25, 0.3) is 0 Å². The smallest absolute Gasteiger partial charge is 0.545 e. The Balaban J connectivity index is 0. The molecule has 0 radical (unpaired) electrons. The average molecular weight is 532 g/mol. The predicted molar refractivity (Wildman–Crippen MR) is 130 cm³/mol. The molecule has 0 aromatic carbocycles. The van der Waals surface area contributed by atoms with Gasteiger partial charge in [0.2, 0.25) is 14.7 Å². The fourth-order valence-electron chi connectivity index (χ4n) is 4.30. The Morgan fingerprint density at radius 1 is 0.694 bits per heavy atom. The average Bonchev–Trinajstić information content (AvgIpc) is 2.79. The van der Waals surface area contributed by atoms with Gasteiger partial charge in [-0.25, -0.2) is 0 Å². The zero-order valence-electron chi connectivity index (χ0n) is 22.4. The summed E-state index contributed by atoms with van der Waals surface area (Å²) in [6.07, 6.45) is 13.6. The third-order valence-electron chi connectivity index (χ3n) is 6.52. The maximum Gasteiger partial charge on any atom is 1.00 e. The van der Waals surface area contributed by atoms with E-state index < -0.39 is 26.7 Å². The summed E-state index contributed by atoms with van der Waals surface area (Å²) in [5.41, 5.74) is 0.00849. The maximum absolute atomic E-state index is 11.6. The van der Waals surface area contributed by atoms with E-state index in [1.165, 1.54) is 12.8 Å². The van der Waals surface area contributed by atoms with Crippen LogP contribution in [-0.4, -0.2) is 46.4 Å². The van der Waals surface area contributed by atoms with Crippen LogP contribution in [0.25, 0.3) is 0 Å². The van der Waals surface area contributed by atoms with E-state index in [4.69, 9.17) is 0 Å². The quantitative estimate of drug-likeness (QED) is 0.172. The van der Waals surface area contributed by atoms with Gasteiger partial charge in [-0.1, -0.05) is 64.5 Å². The summed E-state index contributed by atoms with van der Waals surface area (Å²) in [5, 5.41) is 21.9. The van der Waals surface area contributed by atoms with Crippen molar-refractivity contribution in [2.45, 2.75) is 78.1 Å². The molecular weight excluding hydrogens is 492 g/mol. The molecule has 36 heavy (non-hydrogen) atoms. The minimum absolute atomic E-state index is 0. The van der Waals surface area contributed by atoms with Crippen LogP contribution in [0, 0.1) is 11.8 Å². The second-order valence-corrected chi connectivity index (χ2v) is 14.7. The monoisotopic (exact) mass is 532 g/mol. The van der Waals surface area contributed by atoms with Crippen molar-refractivity contribution in [2.75, 3.05) is 24.6 Å². The zero-order valence-corrected chi connectivity index (χ0v) is 24.2. The largest absolute Gasteiger partial charge is 1.00 e. The van der Waals surface area contributed by atoms with Crippen molar-refractivity contribution in [1.29, 1.82) is 0 Å². The second kappa shape index (κ2) is 19.1. The predicted octanol–water partition coefficient (Wildman–Crippen LogP) is -2.93. The van der Waals surface area contributed by atoms with Crippen molar-refractivity contribution in [1.82, 2.24) is 0 Å². The van der Waals surface area contributed by atoms with Gasteiger partial charge in [0.1, 0.15) is 0 Å². The first-order valence-electron chi connectivity index (χ1n) is 12.3. The van der Waals surface area contributed by atoms with Crippen molar-refractivity contribution in [2.24, 2.45) is 11.8 Å². The maximum atomic E-state index is 11.6. The van der Waals surface area contributed by atoms with Crippen molar-refractivity contribution >= 4 is 26.7 Å². The molecule has 8 nitrogen and oxygen atoms in total. The Kier molecular flexibility index (Phi) is 20.3. The van der Waals surface area contributed by atoms with E-state index in [1.54, 1.807) is 26.0 Å². The number of carboxylic acids is 2. The molecule has 2 unspecified atom stereocenters. The number of carbonyl (C=O) groups excluding carboxylic acids is 2. The zero-order chi connectivity index (χ0) is 25.8. The molecule has 12 heteroatoms. The SMILES string of the molecule is CCP(=O)(O)C/C(=C\C1CCCCC1)C(=O)[O-].CCP(=O)(O)C/C(=C\C1CCCCC1)C(=O)[O-].[Li+].[Li+]. The van der Waals surface area contributed by atoms with Crippen LogP contribution < -0.4 is 47.9 Å². The van der Waals surface area contributed by atoms with Crippen molar-refractivity contribution in [3.63, 3.8) is 0 Å². The molecule has 2 saturated carbocycles. The van der Waals surface area contributed by atoms with Gasteiger partial charge >= 0.3 is 37.7 Å². The molecule has 0 aliphatic heterocycles. The third kappa shape index (κ3) is 16.1. The van der Waals surface area contributed by atoms with E-state index in [9.17, 15) is 38.7 Å². The third-order valence-corrected chi connectivity index (χ3v) is 10.2. The number of hydrogen-bond acceptors (Lipinski definition) is 6. The molecule has 2 atom stereocenters. The Labute approximate surface area is 240 Å². The van der Waals surface area contributed by atoms with Crippen molar-refractivity contribution in [3.8, 4) is 0 Å². The standard InChI is InChI=1S/2C12H21O4P.2Li/c2*1-2-17(15,16)9-11(12(13)14)8-10-6-4-3-5-7-10;;/h2*8,10H,2-7,9H2,1H3,(H,13,14)(H,15,16);;/q;;2*+1/p-2/b2*11-8+;;. The number of carboxylic acid groups (broad SMARTS) is 2. The fraction of sp³-hybridized carbons (Fsp3) is 0.750. The van der Waals surface area contributed by atoms with Crippen LogP contribution in [0.3, 0.4) is 0 Å². The summed E-state index contributed by atoms with van der Waals surface area (Å²) >= 11 is 0. The van der Waals surface area contributed by atoms with Crippen molar-refractivity contribution < 1.29 is 76.4 Å². The summed E-state index contributed by atoms with van der Waals surface area (Å²) in [5.74, 6) is -2.15. The van der Waals surface area contributed by atoms with Gasteiger partial charge in [-0.05, 0) is 48.7 Å². The number of aliphatic carboxylic acids is 2. The van der Waals surface area contributed by atoms with Crippen LogP contribution in [0.15, 0.2) is 23.3 Å². The van der Waals surface area contributed by atoms with Crippen LogP contribution in [0.2, 0.25) is 0 Å². The minimum atomic E-state index is -3.34. The van der Waals surface area contributed by atoms with Gasteiger partial charge < -0.3 is 29.6 Å². The molecule has 2 aliphatic rings. The van der Waals surface area contributed by atoms with E-state index in [0.29, 0.717) is 0 Å². The first-order chi connectivity index (χ1) is 15.9. The van der Waals surface area contributed by atoms with Gasteiger partial charge in [-0.3, -0.25) is 9.13 Å². The molecule has 0 amide bonds. The van der Waals surface area contributed by atoms with Crippen LogP contribution in [0.4, 0.5) is 0 Å². The molecule has 2 aliphatic carbocycles. The Bertz CT molecular complexity index is 764. The Morgan fingerprint density at radius 3 is 1.19 bits per heavy atom. The molecule has 0 heterocycles. The molecule has 0 aromatic rings. The molecule has 2 rings (SSSR count). The second-order valence-electron chi connectivity index (χ2n) is 9.40. The number of rotatable bonds is 10. The van der Waals surface area contributed by atoms with E-state index in [2.05, 4.69) is 0 Å². The van der Waals surface area contributed by atoms with Crippen LogP contribution in [0.1, 0.15) is 78.1 Å². The first kappa shape index (κ1) is 38.1. The van der Waals surface area contributed by atoms with Gasteiger partial charge in [-0.2, -0.15) is 0 Å². The minimum Gasteiger partial charge on any atom is -0.545 e. The summed E-state index contributed by atoms with van der Waals surface area (Å²) in [6.45, 7) is 3.18. The van der Waals surface area contributed by atoms with Gasteiger partial charge in [0, 0.05) is 12.3 Å².